The number of amides is 4. The quantitative estimate of drug-likeness (QED) is 0.388. The molecule has 0 aromatic heterocycles. The number of carbonyl (C=O) groups excluding carboxylic acids is 5. The molecule has 4 amide bonds. The van der Waals surface area contributed by atoms with Crippen LogP contribution in [-0.4, -0.2) is 103 Å². The Kier molecular flexibility index (Phi) is 8.36. The van der Waals surface area contributed by atoms with Gasteiger partial charge in [-0.25, -0.2) is 4.79 Å². The molecule has 11 heteroatoms. The number of esters is 1. The highest BCUT2D eigenvalue weighted by atomic mass is 16.5. The predicted molar refractivity (Wildman–Crippen MR) is 118 cm³/mol. The van der Waals surface area contributed by atoms with Gasteiger partial charge in [0.2, 0.25) is 24.1 Å². The van der Waals surface area contributed by atoms with E-state index in [-0.39, 0.29) is 31.4 Å². The molecule has 0 spiro atoms. The zero-order chi connectivity index (χ0) is 23.8. The zero-order valence-corrected chi connectivity index (χ0v) is 18.6. The Bertz CT molecular complexity index is 882. The summed E-state index contributed by atoms with van der Waals surface area (Å²) in [5.41, 5.74) is 0.836. The summed E-state index contributed by atoms with van der Waals surface area (Å²) < 4.78 is 4.93. The van der Waals surface area contributed by atoms with Gasteiger partial charge in [-0.05, 0) is 31.2 Å². The van der Waals surface area contributed by atoms with Crippen LogP contribution in [0.5, 0.6) is 0 Å². The Hall–Kier alpha value is -3.47. The van der Waals surface area contributed by atoms with Crippen LogP contribution in [0.15, 0.2) is 24.3 Å². The fraction of sp³-hybridized carbons (Fsp3) is 0.500. The second kappa shape index (κ2) is 11.4. The van der Waals surface area contributed by atoms with Gasteiger partial charge < -0.3 is 25.2 Å². The lowest BCUT2D eigenvalue weighted by Gasteiger charge is -2.37. The van der Waals surface area contributed by atoms with E-state index < -0.39 is 17.9 Å². The van der Waals surface area contributed by atoms with Crippen molar-refractivity contribution >= 4 is 35.8 Å². The van der Waals surface area contributed by atoms with Crippen LogP contribution in [0, 0.1) is 0 Å². The fourth-order valence-electron chi connectivity index (χ4n) is 3.82. The summed E-state index contributed by atoms with van der Waals surface area (Å²) in [6.45, 7) is 5.04. The van der Waals surface area contributed by atoms with Crippen LogP contribution in [0.25, 0.3) is 0 Å². The van der Waals surface area contributed by atoms with Crippen molar-refractivity contribution in [3.05, 3.63) is 29.8 Å². The lowest BCUT2D eigenvalue weighted by molar-refractivity contribution is -0.145. The maximum Gasteiger partial charge on any atom is 0.338 e. The van der Waals surface area contributed by atoms with E-state index in [1.165, 1.54) is 4.90 Å². The Balaban J connectivity index is 1.57. The standard InChI is InChI=1S/C22H29N5O6/c1-2-33-22(32)16-3-5-17(6-4-16)24-19(29)13-18-21(31)23-7-8-27(18)20(30)14-25-9-11-26(15-28)12-10-25/h3-6,15,18H,2,7-14H2,1H3,(H,23,31)(H,24,29)/t18-/m1/s1. The van der Waals surface area contributed by atoms with E-state index >= 15 is 0 Å². The maximum absolute atomic E-state index is 12.9. The molecule has 0 bridgehead atoms. The molecule has 0 radical (unpaired) electrons. The monoisotopic (exact) mass is 459 g/mol. The first-order valence-electron chi connectivity index (χ1n) is 11.0. The molecule has 2 N–H and O–H groups in total. The van der Waals surface area contributed by atoms with Gasteiger partial charge in [0.25, 0.3) is 0 Å². The third-order valence-corrected chi connectivity index (χ3v) is 5.62. The summed E-state index contributed by atoms with van der Waals surface area (Å²) in [4.78, 5) is 65.6. The summed E-state index contributed by atoms with van der Waals surface area (Å²) in [6, 6.07) is 5.34. The van der Waals surface area contributed by atoms with Crippen LogP contribution in [-0.2, 0) is 23.9 Å². The summed E-state index contributed by atoms with van der Waals surface area (Å²) in [5, 5.41) is 5.41. The second-order valence-electron chi connectivity index (χ2n) is 7.86. The smallest absolute Gasteiger partial charge is 0.338 e. The number of ether oxygens (including phenoxy) is 1. The number of benzene rings is 1. The van der Waals surface area contributed by atoms with Crippen LogP contribution < -0.4 is 10.6 Å². The van der Waals surface area contributed by atoms with Gasteiger partial charge in [-0.3, -0.25) is 24.1 Å². The molecule has 1 atom stereocenters. The van der Waals surface area contributed by atoms with Crippen molar-refractivity contribution in [3.8, 4) is 0 Å². The van der Waals surface area contributed by atoms with Gasteiger partial charge in [-0.2, -0.15) is 0 Å². The van der Waals surface area contributed by atoms with Crippen molar-refractivity contribution in [1.82, 2.24) is 20.0 Å². The number of hydrogen-bond acceptors (Lipinski definition) is 7. The predicted octanol–water partition coefficient (Wildman–Crippen LogP) is -0.707. The third kappa shape index (κ3) is 6.51. The van der Waals surface area contributed by atoms with Gasteiger partial charge in [0.05, 0.1) is 25.1 Å². The Labute approximate surface area is 192 Å². The van der Waals surface area contributed by atoms with E-state index in [1.807, 2.05) is 4.90 Å². The summed E-state index contributed by atoms with van der Waals surface area (Å²) >= 11 is 0. The minimum absolute atomic E-state index is 0.132. The first-order chi connectivity index (χ1) is 15.9. The topological polar surface area (TPSA) is 128 Å². The molecule has 11 nitrogen and oxygen atoms in total. The van der Waals surface area contributed by atoms with Crippen LogP contribution in [0.3, 0.4) is 0 Å². The molecule has 0 aliphatic carbocycles. The van der Waals surface area contributed by atoms with Gasteiger partial charge >= 0.3 is 5.97 Å². The van der Waals surface area contributed by atoms with Crippen molar-refractivity contribution in [1.29, 1.82) is 0 Å². The van der Waals surface area contributed by atoms with Crippen LogP contribution >= 0.6 is 0 Å². The third-order valence-electron chi connectivity index (χ3n) is 5.62. The molecule has 2 aliphatic rings. The first kappa shape index (κ1) is 24.2. The largest absolute Gasteiger partial charge is 0.462 e. The van der Waals surface area contributed by atoms with Crippen molar-refractivity contribution in [3.63, 3.8) is 0 Å². The van der Waals surface area contributed by atoms with Crippen molar-refractivity contribution < 1.29 is 28.7 Å². The average molecular weight is 460 g/mol. The molecule has 2 aliphatic heterocycles. The zero-order valence-electron chi connectivity index (χ0n) is 18.6. The molecule has 2 heterocycles. The van der Waals surface area contributed by atoms with Gasteiger partial charge in [0.15, 0.2) is 0 Å². The van der Waals surface area contributed by atoms with Crippen molar-refractivity contribution in [2.75, 3.05) is 57.7 Å². The molecule has 3 rings (SSSR count). The number of nitrogens with zero attached hydrogens (tertiary/aromatic N) is 3. The van der Waals surface area contributed by atoms with E-state index in [0.717, 1.165) is 6.41 Å². The number of anilines is 1. The van der Waals surface area contributed by atoms with Gasteiger partial charge in [0.1, 0.15) is 6.04 Å². The molecule has 1 aromatic carbocycles. The minimum Gasteiger partial charge on any atom is -0.462 e. The van der Waals surface area contributed by atoms with Gasteiger partial charge in [-0.1, -0.05) is 0 Å². The van der Waals surface area contributed by atoms with E-state index in [0.29, 0.717) is 50.5 Å². The SMILES string of the molecule is CCOC(=O)c1ccc(NC(=O)C[C@@H]2C(=O)NCCN2C(=O)CN2CCN(C=O)CC2)cc1. The van der Waals surface area contributed by atoms with Gasteiger partial charge in [0, 0.05) is 45.0 Å². The number of carbonyl (C=O) groups is 5. The lowest BCUT2D eigenvalue weighted by Crippen LogP contribution is -2.60. The van der Waals surface area contributed by atoms with Crippen molar-refractivity contribution in [2.45, 2.75) is 19.4 Å². The number of hydrogen-bond donors (Lipinski definition) is 2. The molecule has 33 heavy (non-hydrogen) atoms. The van der Waals surface area contributed by atoms with E-state index in [9.17, 15) is 24.0 Å². The number of piperazine rings is 2. The van der Waals surface area contributed by atoms with Crippen molar-refractivity contribution in [2.24, 2.45) is 0 Å². The summed E-state index contributed by atoms with van der Waals surface area (Å²) in [5.74, 6) is -1.46. The normalized spacial score (nSPS) is 18.9. The molecule has 0 unspecified atom stereocenters. The molecule has 0 saturated carbocycles. The molecular formula is C22H29N5O6. The molecule has 2 saturated heterocycles. The summed E-state index contributed by atoms with van der Waals surface area (Å²) in [7, 11) is 0. The number of rotatable bonds is 8. The highest BCUT2D eigenvalue weighted by Gasteiger charge is 2.35. The Morgan fingerprint density at radius 3 is 2.45 bits per heavy atom. The van der Waals surface area contributed by atoms with E-state index in [4.69, 9.17) is 4.74 Å². The molecule has 1 aromatic rings. The number of nitrogens with one attached hydrogen (secondary N) is 2. The first-order valence-corrected chi connectivity index (χ1v) is 11.0. The highest BCUT2D eigenvalue weighted by molar-refractivity contribution is 5.98. The van der Waals surface area contributed by atoms with E-state index in [2.05, 4.69) is 10.6 Å². The minimum atomic E-state index is -0.902. The van der Waals surface area contributed by atoms with E-state index in [1.54, 1.807) is 36.1 Å². The maximum atomic E-state index is 12.9. The van der Waals surface area contributed by atoms with Crippen LogP contribution in [0.4, 0.5) is 5.69 Å². The molecular weight excluding hydrogens is 430 g/mol. The van der Waals surface area contributed by atoms with Gasteiger partial charge in [-0.15, -0.1) is 0 Å². The molecule has 178 valence electrons. The summed E-state index contributed by atoms with van der Waals surface area (Å²) in [6.07, 6.45) is 0.614. The van der Waals surface area contributed by atoms with Crippen LogP contribution in [0.1, 0.15) is 23.7 Å². The Morgan fingerprint density at radius 1 is 1.12 bits per heavy atom. The van der Waals surface area contributed by atoms with Crippen LogP contribution in [0.2, 0.25) is 0 Å². The Morgan fingerprint density at radius 2 is 1.82 bits per heavy atom. The highest BCUT2D eigenvalue weighted by Crippen LogP contribution is 2.15. The average Bonchev–Trinajstić information content (AvgIpc) is 2.81. The second-order valence-corrected chi connectivity index (χ2v) is 7.86. The fourth-order valence-corrected chi connectivity index (χ4v) is 3.82. The lowest BCUT2D eigenvalue weighted by atomic mass is 10.1. The molecule has 2 fully saturated rings.